The molecule has 1 heterocycles. The van der Waals surface area contributed by atoms with Crippen LogP contribution in [-0.4, -0.2) is 47.6 Å². The molecule has 0 unspecified atom stereocenters. The Labute approximate surface area is 132 Å². The first-order valence-electron chi connectivity index (χ1n) is 7.00. The van der Waals surface area contributed by atoms with E-state index in [1.165, 1.54) is 25.6 Å². The number of rotatable bonds is 8. The number of nitro groups is 1. The van der Waals surface area contributed by atoms with E-state index in [2.05, 4.69) is 20.6 Å². The zero-order chi connectivity index (χ0) is 16.7. The van der Waals surface area contributed by atoms with Gasteiger partial charge in [0.1, 0.15) is 18.8 Å². The van der Waals surface area contributed by atoms with E-state index in [1.54, 1.807) is 6.07 Å². The number of hydrogen-bond acceptors (Lipinski definition) is 7. The zero-order valence-electron chi connectivity index (χ0n) is 12.6. The van der Waals surface area contributed by atoms with Crippen molar-refractivity contribution in [2.45, 2.75) is 6.42 Å². The van der Waals surface area contributed by atoms with Crippen molar-refractivity contribution in [1.29, 1.82) is 0 Å². The van der Waals surface area contributed by atoms with E-state index < -0.39 is 4.92 Å². The lowest BCUT2D eigenvalue weighted by Crippen LogP contribution is -2.29. The van der Waals surface area contributed by atoms with Crippen molar-refractivity contribution >= 4 is 28.3 Å². The molecule has 0 bridgehead atoms. The summed E-state index contributed by atoms with van der Waals surface area (Å²) in [5.74, 6) is 0.359. The highest BCUT2D eigenvalue weighted by molar-refractivity contribution is 5.90. The van der Waals surface area contributed by atoms with Crippen LogP contribution >= 0.6 is 0 Å². The van der Waals surface area contributed by atoms with Crippen LogP contribution < -0.4 is 10.6 Å². The Balaban J connectivity index is 1.96. The van der Waals surface area contributed by atoms with Crippen molar-refractivity contribution in [3.8, 4) is 0 Å². The first-order chi connectivity index (χ1) is 11.1. The summed E-state index contributed by atoms with van der Waals surface area (Å²) in [6.07, 6.45) is 2.08. The minimum atomic E-state index is -0.457. The quantitative estimate of drug-likeness (QED) is 0.425. The van der Waals surface area contributed by atoms with Crippen molar-refractivity contribution in [2.75, 3.05) is 32.1 Å². The molecule has 0 aliphatic carbocycles. The molecule has 0 aliphatic heterocycles. The van der Waals surface area contributed by atoms with Crippen LogP contribution in [0.15, 0.2) is 24.5 Å². The summed E-state index contributed by atoms with van der Waals surface area (Å²) in [5, 5.41) is 17.3. The topological polar surface area (TPSA) is 119 Å². The van der Waals surface area contributed by atoms with Gasteiger partial charge >= 0.3 is 0 Å². The molecule has 0 spiro atoms. The molecule has 23 heavy (non-hydrogen) atoms. The number of nitrogens with one attached hydrogen (secondary N) is 2. The van der Waals surface area contributed by atoms with Crippen molar-refractivity contribution in [2.24, 2.45) is 0 Å². The Morgan fingerprint density at radius 2 is 2.17 bits per heavy atom. The van der Waals surface area contributed by atoms with Crippen LogP contribution in [-0.2, 0) is 9.53 Å². The summed E-state index contributed by atoms with van der Waals surface area (Å²) < 4.78 is 4.71. The highest BCUT2D eigenvalue weighted by Gasteiger charge is 2.10. The van der Waals surface area contributed by atoms with Gasteiger partial charge in [-0.25, -0.2) is 9.97 Å². The molecule has 0 aliphatic rings. The molecule has 2 aromatic rings. The Bertz CT molecular complexity index is 707. The van der Waals surface area contributed by atoms with Gasteiger partial charge in [0.25, 0.3) is 5.69 Å². The molecular weight excluding hydrogens is 302 g/mol. The minimum Gasteiger partial charge on any atom is -0.375 e. The van der Waals surface area contributed by atoms with Crippen LogP contribution in [0.25, 0.3) is 10.9 Å². The lowest BCUT2D eigenvalue weighted by molar-refractivity contribution is -0.384. The standard InChI is InChI=1S/C14H17N5O4/c1-23-8-13(20)15-5-2-6-16-14-11-7-10(19(21)22)3-4-12(11)17-9-18-14/h3-4,7,9H,2,5-6,8H2,1H3,(H,15,20)(H,16,17,18). The smallest absolute Gasteiger partial charge is 0.270 e. The molecule has 2 rings (SSSR count). The van der Waals surface area contributed by atoms with Gasteiger partial charge in [-0.3, -0.25) is 14.9 Å². The van der Waals surface area contributed by atoms with Crippen LogP contribution in [0.2, 0.25) is 0 Å². The molecule has 9 nitrogen and oxygen atoms in total. The molecule has 0 saturated heterocycles. The van der Waals surface area contributed by atoms with Crippen LogP contribution in [0, 0.1) is 10.1 Å². The molecule has 9 heteroatoms. The van der Waals surface area contributed by atoms with Crippen LogP contribution in [0.1, 0.15) is 6.42 Å². The maximum Gasteiger partial charge on any atom is 0.270 e. The van der Waals surface area contributed by atoms with Crippen LogP contribution in [0.5, 0.6) is 0 Å². The number of carbonyl (C=O) groups excluding carboxylic acids is 1. The van der Waals surface area contributed by atoms with Crippen LogP contribution in [0.3, 0.4) is 0 Å². The number of aromatic nitrogens is 2. The number of carbonyl (C=O) groups is 1. The highest BCUT2D eigenvalue weighted by Crippen LogP contribution is 2.24. The van der Waals surface area contributed by atoms with Crippen molar-refractivity contribution < 1.29 is 14.5 Å². The van der Waals surface area contributed by atoms with Gasteiger partial charge in [0.15, 0.2) is 0 Å². The van der Waals surface area contributed by atoms with Gasteiger partial charge in [-0.15, -0.1) is 0 Å². The first kappa shape index (κ1) is 16.6. The molecule has 1 amide bonds. The third-order valence-electron chi connectivity index (χ3n) is 3.07. The SMILES string of the molecule is COCC(=O)NCCCNc1ncnc2ccc([N+](=O)[O-])cc12. The van der Waals surface area contributed by atoms with Crippen molar-refractivity contribution in [1.82, 2.24) is 15.3 Å². The second kappa shape index (κ2) is 7.99. The molecule has 0 atom stereocenters. The molecule has 2 N–H and O–H groups in total. The van der Waals surface area contributed by atoms with Gasteiger partial charge in [-0.1, -0.05) is 0 Å². The van der Waals surface area contributed by atoms with Gasteiger partial charge in [-0.2, -0.15) is 0 Å². The lowest BCUT2D eigenvalue weighted by Gasteiger charge is -2.08. The molecule has 0 saturated carbocycles. The first-order valence-corrected chi connectivity index (χ1v) is 7.00. The second-order valence-electron chi connectivity index (χ2n) is 4.74. The molecule has 0 fully saturated rings. The number of hydrogen-bond donors (Lipinski definition) is 2. The van der Waals surface area contributed by atoms with E-state index in [0.29, 0.717) is 36.2 Å². The number of amides is 1. The van der Waals surface area contributed by atoms with Gasteiger partial charge in [0.05, 0.1) is 10.4 Å². The van der Waals surface area contributed by atoms with Crippen LogP contribution in [0.4, 0.5) is 11.5 Å². The Morgan fingerprint density at radius 1 is 1.35 bits per heavy atom. The van der Waals surface area contributed by atoms with E-state index in [-0.39, 0.29) is 18.2 Å². The zero-order valence-corrected chi connectivity index (χ0v) is 12.6. The predicted octanol–water partition coefficient (Wildman–Crippen LogP) is 1.10. The second-order valence-corrected chi connectivity index (χ2v) is 4.74. The van der Waals surface area contributed by atoms with Crippen molar-refractivity contribution in [3.63, 3.8) is 0 Å². The molecule has 1 aromatic heterocycles. The molecule has 0 radical (unpaired) electrons. The van der Waals surface area contributed by atoms with E-state index in [0.717, 1.165) is 0 Å². The molecular formula is C14H17N5O4. The monoisotopic (exact) mass is 319 g/mol. The van der Waals surface area contributed by atoms with E-state index in [1.807, 2.05) is 0 Å². The van der Waals surface area contributed by atoms with Gasteiger partial charge in [0.2, 0.25) is 5.91 Å². The number of fused-ring (bicyclic) bond motifs is 1. The van der Waals surface area contributed by atoms with Gasteiger partial charge < -0.3 is 15.4 Å². The fourth-order valence-electron chi connectivity index (χ4n) is 2.00. The molecule has 122 valence electrons. The summed E-state index contributed by atoms with van der Waals surface area (Å²) in [5.41, 5.74) is 0.615. The minimum absolute atomic E-state index is 0.0119. The largest absolute Gasteiger partial charge is 0.375 e. The third-order valence-corrected chi connectivity index (χ3v) is 3.07. The Kier molecular flexibility index (Phi) is 5.75. The van der Waals surface area contributed by atoms with Gasteiger partial charge in [0, 0.05) is 37.7 Å². The number of nitrogens with zero attached hydrogens (tertiary/aromatic N) is 3. The maximum absolute atomic E-state index is 11.2. The fraction of sp³-hybridized carbons (Fsp3) is 0.357. The summed E-state index contributed by atoms with van der Waals surface area (Å²) in [4.78, 5) is 29.8. The van der Waals surface area contributed by atoms with Crippen molar-refractivity contribution in [3.05, 3.63) is 34.6 Å². The summed E-state index contributed by atoms with van der Waals surface area (Å²) in [7, 11) is 1.46. The third kappa shape index (κ3) is 4.58. The van der Waals surface area contributed by atoms with E-state index in [9.17, 15) is 14.9 Å². The number of anilines is 1. The van der Waals surface area contributed by atoms with E-state index in [4.69, 9.17) is 4.74 Å². The normalized spacial score (nSPS) is 10.5. The predicted molar refractivity (Wildman–Crippen MR) is 84.2 cm³/mol. The number of non-ortho nitro benzene ring substituents is 1. The highest BCUT2D eigenvalue weighted by atomic mass is 16.6. The summed E-state index contributed by atoms with van der Waals surface area (Å²) in [6, 6.07) is 4.44. The summed E-state index contributed by atoms with van der Waals surface area (Å²) in [6.45, 7) is 1.09. The number of methoxy groups -OCH3 is 1. The fourth-order valence-corrected chi connectivity index (χ4v) is 2.00. The lowest BCUT2D eigenvalue weighted by atomic mass is 10.2. The van der Waals surface area contributed by atoms with Gasteiger partial charge in [-0.05, 0) is 12.5 Å². The summed E-state index contributed by atoms with van der Waals surface area (Å²) >= 11 is 0. The number of nitro benzene ring substituents is 1. The van der Waals surface area contributed by atoms with E-state index >= 15 is 0 Å². The average Bonchev–Trinajstić information content (AvgIpc) is 2.54. The number of benzene rings is 1. The maximum atomic E-state index is 11.2. The Hall–Kier alpha value is -2.81. The number of ether oxygens (including phenoxy) is 1. The Morgan fingerprint density at radius 3 is 2.91 bits per heavy atom. The molecule has 1 aromatic carbocycles. The average molecular weight is 319 g/mol.